The van der Waals surface area contributed by atoms with Crippen LogP contribution in [0.2, 0.25) is 0 Å². The van der Waals surface area contributed by atoms with E-state index in [2.05, 4.69) is 20.8 Å². The minimum absolute atomic E-state index is 0.0554. The molecule has 1 aliphatic rings. The summed E-state index contributed by atoms with van der Waals surface area (Å²) in [6.45, 7) is 1.81. The fourth-order valence-electron chi connectivity index (χ4n) is 3.86. The van der Waals surface area contributed by atoms with Gasteiger partial charge < -0.3 is 20.5 Å². The largest absolute Gasteiger partial charge is 0.481 e. The Bertz CT molecular complexity index is 1130. The molecule has 0 radical (unpaired) electrons. The van der Waals surface area contributed by atoms with Crippen molar-refractivity contribution < 1.29 is 24.2 Å². The van der Waals surface area contributed by atoms with Crippen molar-refractivity contribution in [2.45, 2.75) is 25.3 Å². The third-order valence-corrected chi connectivity index (χ3v) is 5.29. The van der Waals surface area contributed by atoms with Crippen molar-refractivity contribution in [3.8, 4) is 11.1 Å². The summed E-state index contributed by atoms with van der Waals surface area (Å²) in [5, 5.41) is 20.5. The zero-order valence-corrected chi connectivity index (χ0v) is 17.3. The predicted octanol–water partition coefficient (Wildman–Crippen LogP) is 3.04. The number of carboxylic acid groups (broad SMARTS) is 1. The number of ether oxygens (including phenoxy) is 1. The van der Waals surface area contributed by atoms with Gasteiger partial charge in [-0.1, -0.05) is 48.5 Å². The number of aromatic nitrogens is 2. The first-order valence-corrected chi connectivity index (χ1v) is 10.1. The van der Waals surface area contributed by atoms with Crippen molar-refractivity contribution in [2.75, 3.05) is 11.9 Å². The van der Waals surface area contributed by atoms with Crippen LogP contribution in [-0.2, 0) is 14.3 Å². The van der Waals surface area contributed by atoms with Gasteiger partial charge in [0.15, 0.2) is 5.82 Å². The van der Waals surface area contributed by atoms with Crippen molar-refractivity contribution in [3.63, 3.8) is 0 Å². The molecule has 0 bridgehead atoms. The van der Waals surface area contributed by atoms with Crippen LogP contribution in [0.4, 0.5) is 10.6 Å². The number of alkyl carbamates (subject to hydrolysis) is 1. The van der Waals surface area contributed by atoms with E-state index in [0.717, 1.165) is 27.9 Å². The van der Waals surface area contributed by atoms with Gasteiger partial charge in [0.1, 0.15) is 12.6 Å². The number of fused-ring (bicyclic) bond motifs is 3. The number of anilines is 1. The molecule has 2 amide bonds. The third-order valence-electron chi connectivity index (χ3n) is 5.29. The van der Waals surface area contributed by atoms with E-state index in [9.17, 15) is 14.4 Å². The molecule has 164 valence electrons. The lowest BCUT2D eigenvalue weighted by atomic mass is 9.98. The molecule has 4 N–H and O–H groups in total. The highest BCUT2D eigenvalue weighted by Gasteiger charge is 2.30. The lowest BCUT2D eigenvalue weighted by molar-refractivity contribution is -0.139. The van der Waals surface area contributed by atoms with Crippen LogP contribution in [0, 0.1) is 6.92 Å². The molecular formula is C23H22N4O5. The number of aliphatic carboxylic acids is 1. The fraction of sp³-hybridized carbons (Fsp3) is 0.217. The second-order valence-corrected chi connectivity index (χ2v) is 7.55. The van der Waals surface area contributed by atoms with Gasteiger partial charge in [0, 0.05) is 17.7 Å². The zero-order chi connectivity index (χ0) is 22.7. The number of benzene rings is 2. The van der Waals surface area contributed by atoms with Gasteiger partial charge in [-0.2, -0.15) is 5.10 Å². The molecule has 32 heavy (non-hydrogen) atoms. The molecule has 1 atom stereocenters. The summed E-state index contributed by atoms with van der Waals surface area (Å²) in [6.07, 6.45) is -1.47. The van der Waals surface area contributed by atoms with Gasteiger partial charge in [-0.3, -0.25) is 14.7 Å². The smallest absolute Gasteiger partial charge is 0.407 e. The Kier molecular flexibility index (Phi) is 5.89. The number of nitrogens with one attached hydrogen (secondary N) is 3. The Morgan fingerprint density at radius 2 is 1.72 bits per heavy atom. The number of aryl methyl sites for hydroxylation is 1. The molecule has 1 heterocycles. The number of hydrogen-bond donors (Lipinski definition) is 4. The maximum atomic E-state index is 12.5. The number of carbonyl (C=O) groups is 3. The summed E-state index contributed by atoms with van der Waals surface area (Å²) in [6, 6.07) is 16.1. The molecule has 1 unspecified atom stereocenters. The maximum Gasteiger partial charge on any atom is 0.407 e. The van der Waals surface area contributed by atoms with Crippen LogP contribution >= 0.6 is 0 Å². The molecule has 0 saturated heterocycles. The van der Waals surface area contributed by atoms with Gasteiger partial charge in [-0.05, 0) is 29.2 Å². The molecule has 9 nitrogen and oxygen atoms in total. The average molecular weight is 434 g/mol. The lowest BCUT2D eigenvalue weighted by Crippen LogP contribution is -2.45. The highest BCUT2D eigenvalue weighted by atomic mass is 16.5. The molecule has 4 rings (SSSR count). The summed E-state index contributed by atoms with van der Waals surface area (Å²) in [5.41, 5.74) is 5.01. The first-order valence-electron chi connectivity index (χ1n) is 10.1. The highest BCUT2D eigenvalue weighted by Crippen LogP contribution is 2.44. The first-order chi connectivity index (χ1) is 15.4. The Balaban J connectivity index is 1.42. The second-order valence-electron chi connectivity index (χ2n) is 7.55. The number of nitrogens with zero attached hydrogens (tertiary/aromatic N) is 1. The minimum atomic E-state index is -1.32. The van der Waals surface area contributed by atoms with Gasteiger partial charge in [0.25, 0.3) is 0 Å². The molecule has 1 aromatic heterocycles. The van der Waals surface area contributed by atoms with E-state index in [1.54, 1.807) is 13.0 Å². The molecule has 3 aromatic rings. The Labute approximate surface area is 183 Å². The summed E-state index contributed by atoms with van der Waals surface area (Å²) in [4.78, 5) is 36.1. The van der Waals surface area contributed by atoms with Gasteiger partial charge >= 0.3 is 12.1 Å². The summed E-state index contributed by atoms with van der Waals surface area (Å²) in [5.74, 6) is -1.85. The number of carbonyl (C=O) groups excluding carboxylic acids is 2. The number of aromatic amines is 1. The van der Waals surface area contributed by atoms with E-state index in [0.29, 0.717) is 0 Å². The predicted molar refractivity (Wildman–Crippen MR) is 116 cm³/mol. The third kappa shape index (κ3) is 4.46. The maximum absolute atomic E-state index is 12.5. The molecule has 2 aromatic carbocycles. The van der Waals surface area contributed by atoms with Gasteiger partial charge in [0.2, 0.25) is 5.91 Å². The van der Waals surface area contributed by atoms with Crippen LogP contribution in [0.1, 0.15) is 29.2 Å². The molecule has 0 aliphatic heterocycles. The molecule has 1 aliphatic carbocycles. The number of amides is 2. The zero-order valence-electron chi connectivity index (χ0n) is 17.3. The van der Waals surface area contributed by atoms with E-state index in [1.165, 1.54) is 0 Å². The summed E-state index contributed by atoms with van der Waals surface area (Å²) >= 11 is 0. The van der Waals surface area contributed by atoms with Crippen LogP contribution < -0.4 is 10.6 Å². The van der Waals surface area contributed by atoms with E-state index in [1.807, 2.05) is 48.5 Å². The van der Waals surface area contributed by atoms with Gasteiger partial charge in [-0.25, -0.2) is 4.79 Å². The molecule has 0 spiro atoms. The standard InChI is InChI=1S/C23H22N4O5/c1-13-10-20(27-26-13)25-22(30)19(11-21(28)29)24-23(31)32-12-18-16-8-4-2-6-14(16)15-7-3-5-9-17(15)18/h2-10,18-19H,11-12H2,1H3,(H,24,31)(H,28,29)(H2,25,26,27,30). The lowest BCUT2D eigenvalue weighted by Gasteiger charge is -2.18. The van der Waals surface area contributed by atoms with Crippen LogP contribution in [-0.4, -0.2) is 45.9 Å². The highest BCUT2D eigenvalue weighted by molar-refractivity contribution is 5.98. The quantitative estimate of drug-likeness (QED) is 0.452. The van der Waals surface area contributed by atoms with Crippen molar-refractivity contribution in [3.05, 3.63) is 71.4 Å². The minimum Gasteiger partial charge on any atom is -0.481 e. The Morgan fingerprint density at radius 3 is 2.28 bits per heavy atom. The monoisotopic (exact) mass is 434 g/mol. The second kappa shape index (κ2) is 8.93. The van der Waals surface area contributed by atoms with Crippen LogP contribution in [0.25, 0.3) is 11.1 Å². The van der Waals surface area contributed by atoms with E-state index in [-0.39, 0.29) is 18.3 Å². The van der Waals surface area contributed by atoms with Crippen LogP contribution in [0.15, 0.2) is 54.6 Å². The number of rotatable bonds is 7. The SMILES string of the molecule is Cc1cc(NC(=O)C(CC(=O)O)NC(=O)OCC2c3ccccc3-c3ccccc32)n[nH]1. The van der Waals surface area contributed by atoms with E-state index >= 15 is 0 Å². The average Bonchev–Trinajstić information content (AvgIpc) is 3.32. The molecule has 0 fully saturated rings. The number of carboxylic acids is 1. The van der Waals surface area contributed by atoms with Crippen molar-refractivity contribution in [1.82, 2.24) is 15.5 Å². The van der Waals surface area contributed by atoms with Gasteiger partial charge in [-0.15, -0.1) is 0 Å². The first kappa shape index (κ1) is 21.1. The van der Waals surface area contributed by atoms with E-state index in [4.69, 9.17) is 9.84 Å². The topological polar surface area (TPSA) is 133 Å². The fourth-order valence-corrected chi connectivity index (χ4v) is 3.86. The molecular weight excluding hydrogens is 412 g/mol. The number of hydrogen-bond acceptors (Lipinski definition) is 5. The Morgan fingerprint density at radius 1 is 1.09 bits per heavy atom. The van der Waals surface area contributed by atoms with Crippen molar-refractivity contribution in [2.24, 2.45) is 0 Å². The summed E-state index contributed by atoms with van der Waals surface area (Å²) < 4.78 is 5.41. The normalized spacial score (nSPS) is 13.0. The van der Waals surface area contributed by atoms with Crippen molar-refractivity contribution in [1.29, 1.82) is 0 Å². The van der Waals surface area contributed by atoms with Crippen molar-refractivity contribution >= 4 is 23.8 Å². The van der Waals surface area contributed by atoms with Crippen LogP contribution in [0.3, 0.4) is 0 Å². The van der Waals surface area contributed by atoms with Gasteiger partial charge in [0.05, 0.1) is 6.42 Å². The molecule has 0 saturated carbocycles. The summed E-state index contributed by atoms with van der Waals surface area (Å²) in [7, 11) is 0. The number of H-pyrrole nitrogens is 1. The molecule has 9 heteroatoms. The van der Waals surface area contributed by atoms with E-state index < -0.39 is 30.4 Å². The Hall–Kier alpha value is -4.14. The van der Waals surface area contributed by atoms with Crippen LogP contribution in [0.5, 0.6) is 0 Å².